The van der Waals surface area contributed by atoms with Crippen LogP contribution in [0.25, 0.3) is 0 Å². The molecule has 12 heavy (non-hydrogen) atoms. The molecule has 1 fully saturated rings. The Kier molecular flexibility index (Phi) is 2.63. The zero-order valence-corrected chi connectivity index (χ0v) is 8.54. The van der Waals surface area contributed by atoms with E-state index in [1.54, 1.807) is 11.3 Å². The fourth-order valence-electron chi connectivity index (χ4n) is 0.992. The van der Waals surface area contributed by atoms with Gasteiger partial charge in [0.05, 0.1) is 0 Å². The van der Waals surface area contributed by atoms with Crippen LogP contribution in [0.4, 0.5) is 0 Å². The second kappa shape index (κ2) is 3.72. The summed E-state index contributed by atoms with van der Waals surface area (Å²) in [5.74, 6) is 2.03. The fourth-order valence-corrected chi connectivity index (χ4v) is 2.92. The summed E-state index contributed by atoms with van der Waals surface area (Å²) >= 11 is 3.51. The molecule has 2 heterocycles. The Balaban J connectivity index is 1.79. The van der Waals surface area contributed by atoms with Crippen molar-refractivity contribution in [2.45, 2.75) is 11.3 Å². The van der Waals surface area contributed by atoms with Crippen molar-refractivity contribution in [3.63, 3.8) is 0 Å². The molecule has 5 heteroatoms. The molecular weight excluding hydrogens is 190 g/mol. The third kappa shape index (κ3) is 1.97. The Labute approximate surface area is 80.0 Å². The summed E-state index contributed by atoms with van der Waals surface area (Å²) in [6.07, 6.45) is 0. The van der Waals surface area contributed by atoms with E-state index in [-0.39, 0.29) is 0 Å². The Morgan fingerprint density at radius 3 is 2.92 bits per heavy atom. The van der Waals surface area contributed by atoms with Crippen molar-refractivity contribution < 1.29 is 0 Å². The number of nitrogens with zero attached hydrogens (tertiary/aromatic N) is 2. The summed E-state index contributed by atoms with van der Waals surface area (Å²) in [5, 5.41) is 12.3. The third-order valence-electron chi connectivity index (χ3n) is 1.82. The molecular formula is C7H11N3S2. The first-order valence-electron chi connectivity index (χ1n) is 3.98. The zero-order chi connectivity index (χ0) is 8.39. The molecule has 0 saturated carbocycles. The van der Waals surface area contributed by atoms with Gasteiger partial charge in [-0.3, -0.25) is 0 Å². The maximum Gasteiger partial charge on any atom is 0.174 e. The van der Waals surface area contributed by atoms with Gasteiger partial charge in [0.25, 0.3) is 0 Å². The Bertz CT molecular complexity index is 257. The van der Waals surface area contributed by atoms with Gasteiger partial charge in [-0.25, -0.2) is 0 Å². The van der Waals surface area contributed by atoms with E-state index in [1.165, 1.54) is 18.8 Å². The molecule has 0 spiro atoms. The number of hydrogen-bond acceptors (Lipinski definition) is 5. The highest BCUT2D eigenvalue weighted by atomic mass is 32.2. The van der Waals surface area contributed by atoms with Gasteiger partial charge in [-0.1, -0.05) is 23.1 Å². The molecule has 1 aliphatic rings. The van der Waals surface area contributed by atoms with Gasteiger partial charge < -0.3 is 5.32 Å². The molecule has 0 aliphatic carbocycles. The Morgan fingerprint density at radius 2 is 2.42 bits per heavy atom. The van der Waals surface area contributed by atoms with E-state index in [4.69, 9.17) is 0 Å². The molecule has 0 atom stereocenters. The van der Waals surface area contributed by atoms with E-state index in [1.807, 2.05) is 18.7 Å². The number of nitrogens with one attached hydrogen (secondary N) is 1. The second-order valence-corrected chi connectivity index (χ2v) is 5.37. The van der Waals surface area contributed by atoms with Crippen molar-refractivity contribution in [3.05, 3.63) is 5.01 Å². The van der Waals surface area contributed by atoms with Crippen LogP contribution in [0, 0.1) is 12.8 Å². The number of hydrogen-bond donors (Lipinski definition) is 1. The number of rotatable bonds is 3. The van der Waals surface area contributed by atoms with Crippen LogP contribution in [0.1, 0.15) is 5.01 Å². The summed E-state index contributed by atoms with van der Waals surface area (Å²) in [6.45, 7) is 4.34. The first kappa shape index (κ1) is 8.47. The van der Waals surface area contributed by atoms with Crippen molar-refractivity contribution in [1.82, 2.24) is 15.5 Å². The fraction of sp³-hybridized carbons (Fsp3) is 0.714. The summed E-state index contributed by atoms with van der Waals surface area (Å²) < 4.78 is 1.11. The number of thioether (sulfide) groups is 1. The van der Waals surface area contributed by atoms with Gasteiger partial charge in [0.15, 0.2) is 4.34 Å². The third-order valence-corrected chi connectivity index (χ3v) is 4.02. The molecule has 0 bridgehead atoms. The normalized spacial score (nSPS) is 17.8. The molecule has 1 N–H and O–H groups in total. The van der Waals surface area contributed by atoms with Crippen LogP contribution in [-0.4, -0.2) is 29.0 Å². The predicted octanol–water partition coefficient (Wildman–Crippen LogP) is 1.16. The van der Waals surface area contributed by atoms with Crippen LogP contribution in [-0.2, 0) is 0 Å². The zero-order valence-electron chi connectivity index (χ0n) is 6.91. The Morgan fingerprint density at radius 1 is 1.58 bits per heavy atom. The molecule has 0 aromatic carbocycles. The molecule has 1 aromatic rings. The van der Waals surface area contributed by atoms with E-state index in [0.29, 0.717) is 0 Å². The molecule has 1 aliphatic heterocycles. The monoisotopic (exact) mass is 201 g/mol. The molecule has 66 valence electrons. The van der Waals surface area contributed by atoms with Crippen LogP contribution < -0.4 is 5.32 Å². The largest absolute Gasteiger partial charge is 0.316 e. The molecule has 0 radical (unpaired) electrons. The van der Waals surface area contributed by atoms with Gasteiger partial charge in [0.1, 0.15) is 5.01 Å². The highest BCUT2D eigenvalue weighted by Gasteiger charge is 2.17. The lowest BCUT2D eigenvalue weighted by atomic mass is 10.1. The van der Waals surface area contributed by atoms with Crippen molar-refractivity contribution in [1.29, 1.82) is 0 Å². The van der Waals surface area contributed by atoms with Crippen LogP contribution in [0.15, 0.2) is 4.34 Å². The maximum atomic E-state index is 4.06. The first-order chi connectivity index (χ1) is 5.84. The van der Waals surface area contributed by atoms with E-state index < -0.39 is 0 Å². The Hall–Kier alpha value is -0.130. The van der Waals surface area contributed by atoms with Gasteiger partial charge in [0.2, 0.25) is 0 Å². The smallest absolute Gasteiger partial charge is 0.174 e. The van der Waals surface area contributed by atoms with Crippen LogP contribution in [0.3, 0.4) is 0 Å². The topological polar surface area (TPSA) is 37.8 Å². The van der Waals surface area contributed by atoms with Crippen LogP contribution >= 0.6 is 23.1 Å². The van der Waals surface area contributed by atoms with Crippen LogP contribution in [0.2, 0.25) is 0 Å². The highest BCUT2D eigenvalue weighted by Crippen LogP contribution is 2.24. The quantitative estimate of drug-likeness (QED) is 0.745. The molecule has 1 aromatic heterocycles. The minimum Gasteiger partial charge on any atom is -0.316 e. The molecule has 0 unspecified atom stereocenters. The first-order valence-corrected chi connectivity index (χ1v) is 5.78. The average Bonchev–Trinajstić information content (AvgIpc) is 2.32. The van der Waals surface area contributed by atoms with Gasteiger partial charge in [-0.2, -0.15) is 0 Å². The summed E-state index contributed by atoms with van der Waals surface area (Å²) in [4.78, 5) is 0. The lowest BCUT2D eigenvalue weighted by molar-refractivity contribution is 0.385. The van der Waals surface area contributed by atoms with Crippen molar-refractivity contribution in [3.8, 4) is 0 Å². The van der Waals surface area contributed by atoms with Crippen LogP contribution in [0.5, 0.6) is 0 Å². The van der Waals surface area contributed by atoms with Crippen molar-refractivity contribution in [2.24, 2.45) is 5.92 Å². The highest BCUT2D eigenvalue weighted by molar-refractivity contribution is 8.01. The summed E-state index contributed by atoms with van der Waals surface area (Å²) in [6, 6.07) is 0. The minimum atomic E-state index is 0.846. The van der Waals surface area contributed by atoms with Crippen molar-refractivity contribution >= 4 is 23.1 Å². The maximum absolute atomic E-state index is 4.06. The lowest BCUT2D eigenvalue weighted by Crippen LogP contribution is -2.43. The van der Waals surface area contributed by atoms with E-state index >= 15 is 0 Å². The van der Waals surface area contributed by atoms with Gasteiger partial charge in [-0.15, -0.1) is 10.2 Å². The lowest BCUT2D eigenvalue weighted by Gasteiger charge is -2.25. The average molecular weight is 201 g/mol. The van der Waals surface area contributed by atoms with Crippen molar-refractivity contribution in [2.75, 3.05) is 18.8 Å². The van der Waals surface area contributed by atoms with Gasteiger partial charge >= 0.3 is 0 Å². The van der Waals surface area contributed by atoms with E-state index in [9.17, 15) is 0 Å². The molecule has 1 saturated heterocycles. The second-order valence-electron chi connectivity index (χ2n) is 2.92. The molecule has 0 amide bonds. The summed E-state index contributed by atoms with van der Waals surface area (Å²) in [7, 11) is 0. The SMILES string of the molecule is Cc1nnc(SCC2CNC2)s1. The summed E-state index contributed by atoms with van der Waals surface area (Å²) in [5.41, 5.74) is 0. The van der Waals surface area contributed by atoms with Gasteiger partial charge in [0, 0.05) is 5.75 Å². The molecule has 3 nitrogen and oxygen atoms in total. The number of aromatic nitrogens is 2. The standard InChI is InChI=1S/C7H11N3S2/c1-5-9-10-7(12-5)11-4-6-2-8-3-6/h6,8H,2-4H2,1H3. The molecule has 2 rings (SSSR count). The van der Waals surface area contributed by atoms with E-state index in [0.717, 1.165) is 15.3 Å². The van der Waals surface area contributed by atoms with Gasteiger partial charge in [-0.05, 0) is 25.9 Å². The number of aryl methyl sites for hydroxylation is 1. The predicted molar refractivity (Wildman–Crippen MR) is 51.7 cm³/mol. The minimum absolute atomic E-state index is 0.846. The van der Waals surface area contributed by atoms with E-state index in [2.05, 4.69) is 15.5 Å².